The lowest BCUT2D eigenvalue weighted by atomic mass is 9.95. The Morgan fingerprint density at radius 1 is 0.414 bits per heavy atom. The van der Waals surface area contributed by atoms with E-state index in [9.17, 15) is 19.8 Å². The SMILES string of the molecule is CCCCCCCC/C=C\CCCCCCCC(=O)C(O)(CO)CO.CCCCCCCC/C=C\CCCCCCCC(=O)C(O)(CO)CO.N.N.N.O=P(O)(O)O. The molecule has 0 bridgehead atoms. The van der Waals surface area contributed by atoms with Gasteiger partial charge in [0, 0.05) is 12.8 Å². The molecular weight excluding hydrogens is 769 g/mol. The third-order valence-corrected chi connectivity index (χ3v) is 9.42. The van der Waals surface area contributed by atoms with Crippen molar-refractivity contribution in [1.82, 2.24) is 18.5 Å². The number of carbonyl (C=O) groups excluding carboxylic acids is 2. The Hall–Kier alpha value is -1.43. The highest BCUT2D eigenvalue weighted by Crippen LogP contribution is 2.26. The van der Waals surface area contributed by atoms with E-state index in [-0.39, 0.29) is 31.3 Å². The summed E-state index contributed by atoms with van der Waals surface area (Å²) in [5.74, 6) is -0.926. The quantitative estimate of drug-likeness (QED) is 0.0160. The van der Waals surface area contributed by atoms with Gasteiger partial charge in [0.1, 0.15) is 0 Å². The molecule has 0 unspecified atom stereocenters. The third kappa shape index (κ3) is 48.9. The molecule has 0 rings (SSSR count). The molecule has 0 spiro atoms. The lowest BCUT2D eigenvalue weighted by Gasteiger charge is -2.21. The number of phosphoric acid groups is 1. The first-order chi connectivity index (χ1) is 26.2. The summed E-state index contributed by atoms with van der Waals surface area (Å²) in [6, 6.07) is 0. The van der Waals surface area contributed by atoms with E-state index in [1.807, 2.05) is 0 Å². The summed E-state index contributed by atoms with van der Waals surface area (Å²) in [5.41, 5.74) is -3.92. The number of unbranched alkanes of at least 4 members (excludes halogenated alkanes) is 22. The van der Waals surface area contributed by atoms with Gasteiger partial charge in [0.25, 0.3) is 0 Å². The average molecular weight is 862 g/mol. The minimum Gasteiger partial charge on any atom is -0.393 e. The van der Waals surface area contributed by atoms with Crippen molar-refractivity contribution >= 4 is 19.4 Å². The van der Waals surface area contributed by atoms with Crippen molar-refractivity contribution in [3.63, 3.8) is 0 Å². The zero-order valence-corrected chi connectivity index (χ0v) is 37.6. The largest absolute Gasteiger partial charge is 0.466 e. The summed E-state index contributed by atoms with van der Waals surface area (Å²) in [5, 5.41) is 55.1. The second kappa shape index (κ2) is 48.2. The second-order valence-corrected chi connectivity index (χ2v) is 15.8. The Kier molecular flexibility index (Phi) is 56.8. The van der Waals surface area contributed by atoms with Crippen LogP contribution < -0.4 is 18.5 Å². The molecule has 18 N–H and O–H groups in total. The van der Waals surface area contributed by atoms with Gasteiger partial charge in [-0.25, -0.2) is 4.57 Å². The van der Waals surface area contributed by atoms with E-state index in [0.29, 0.717) is 12.8 Å². The highest BCUT2D eigenvalue weighted by molar-refractivity contribution is 7.45. The molecule has 0 radical (unpaired) electrons. The summed E-state index contributed by atoms with van der Waals surface area (Å²) in [6.07, 6.45) is 40.6. The molecule has 352 valence electrons. The molecule has 0 aromatic carbocycles. The monoisotopic (exact) mass is 862 g/mol. The predicted molar refractivity (Wildman–Crippen MR) is 236 cm³/mol. The maximum atomic E-state index is 11.7. The Bertz CT molecular complexity index is 901. The van der Waals surface area contributed by atoms with Crippen LogP contribution in [0.3, 0.4) is 0 Å². The van der Waals surface area contributed by atoms with Crippen molar-refractivity contribution in [3.05, 3.63) is 24.3 Å². The maximum Gasteiger partial charge on any atom is 0.466 e. The van der Waals surface area contributed by atoms with Gasteiger partial charge in [-0.2, -0.15) is 0 Å². The molecule has 0 aliphatic carbocycles. The van der Waals surface area contributed by atoms with Gasteiger partial charge >= 0.3 is 7.82 Å². The molecule has 0 saturated heterocycles. The second-order valence-electron chi connectivity index (χ2n) is 14.7. The van der Waals surface area contributed by atoms with Gasteiger partial charge in [-0.1, -0.05) is 141 Å². The van der Waals surface area contributed by atoms with Gasteiger partial charge in [0.15, 0.2) is 22.8 Å². The molecule has 0 atom stereocenters. The van der Waals surface area contributed by atoms with E-state index >= 15 is 0 Å². The van der Waals surface area contributed by atoms with E-state index in [1.165, 1.54) is 103 Å². The number of aliphatic hydroxyl groups is 6. The summed E-state index contributed by atoms with van der Waals surface area (Å²) in [7, 11) is -4.64. The molecule has 0 saturated carbocycles. The fourth-order valence-corrected chi connectivity index (χ4v) is 5.63. The van der Waals surface area contributed by atoms with Crippen molar-refractivity contribution in [3.8, 4) is 0 Å². The van der Waals surface area contributed by atoms with Crippen molar-refractivity contribution in [2.45, 2.75) is 205 Å². The predicted octanol–water partition coefficient (Wildman–Crippen LogP) is 8.17. The van der Waals surface area contributed by atoms with E-state index in [2.05, 4.69) is 38.2 Å². The number of aliphatic hydroxyl groups excluding tert-OH is 4. The minimum atomic E-state index is -4.64. The van der Waals surface area contributed by atoms with Gasteiger partial charge in [0.2, 0.25) is 0 Å². The molecule has 16 heteroatoms. The van der Waals surface area contributed by atoms with Crippen LogP contribution in [-0.4, -0.2) is 94.5 Å². The molecular formula is C42H92N3O12P. The molecule has 58 heavy (non-hydrogen) atoms. The molecule has 0 aromatic rings. The van der Waals surface area contributed by atoms with Crippen LogP contribution in [0.5, 0.6) is 0 Å². The number of Topliss-reactive ketones (excluding diaryl/α,β-unsaturated/α-hetero) is 2. The number of allylic oxidation sites excluding steroid dienone is 4. The molecule has 0 aliphatic rings. The normalized spacial score (nSPS) is 11.5. The van der Waals surface area contributed by atoms with Gasteiger partial charge in [0.05, 0.1) is 26.4 Å². The Labute approximate surface area is 352 Å². The Balaban J connectivity index is -0.000000199. The van der Waals surface area contributed by atoms with Gasteiger partial charge in [-0.05, 0) is 64.2 Å². The maximum absolute atomic E-state index is 11.7. The number of hydrogen-bond acceptors (Lipinski definition) is 12. The number of ketones is 2. The standard InChI is InChI=1S/2C21H40O4.3H3N.H3O4P/c2*1-2-3-4-5-6-7-8-9-10-11-12-13-14-15-16-17-20(24)21(25,18-22)19-23;;;;1-5(2,3)4/h2*9-10,22-23,25H,2-8,11-19H2,1H3;3*1H3;(H3,1,2,3,4)/b2*10-9-;;;;. The van der Waals surface area contributed by atoms with Crippen LogP contribution in [0.1, 0.15) is 194 Å². The third-order valence-electron chi connectivity index (χ3n) is 9.42. The van der Waals surface area contributed by atoms with Crippen molar-refractivity contribution in [2.75, 3.05) is 26.4 Å². The first kappa shape index (κ1) is 68.3. The van der Waals surface area contributed by atoms with Crippen LogP contribution in [0, 0.1) is 0 Å². The summed E-state index contributed by atoms with van der Waals surface area (Å²) >= 11 is 0. The summed E-state index contributed by atoms with van der Waals surface area (Å²) in [4.78, 5) is 44.9. The molecule has 0 fully saturated rings. The van der Waals surface area contributed by atoms with E-state index in [1.54, 1.807) is 0 Å². The van der Waals surface area contributed by atoms with E-state index in [4.69, 9.17) is 39.7 Å². The van der Waals surface area contributed by atoms with Crippen molar-refractivity contribution in [2.24, 2.45) is 0 Å². The zero-order chi connectivity index (χ0) is 42.1. The summed E-state index contributed by atoms with van der Waals surface area (Å²) < 4.78 is 8.88. The fourth-order valence-electron chi connectivity index (χ4n) is 5.63. The van der Waals surface area contributed by atoms with E-state index in [0.717, 1.165) is 51.4 Å². The van der Waals surface area contributed by atoms with Crippen molar-refractivity contribution in [1.29, 1.82) is 0 Å². The van der Waals surface area contributed by atoms with Crippen LogP contribution in [0.2, 0.25) is 0 Å². The smallest absolute Gasteiger partial charge is 0.393 e. The molecule has 0 aromatic heterocycles. The molecule has 15 nitrogen and oxygen atoms in total. The van der Waals surface area contributed by atoms with Crippen LogP contribution in [0.4, 0.5) is 0 Å². The number of rotatable bonds is 36. The van der Waals surface area contributed by atoms with Crippen LogP contribution in [0.15, 0.2) is 24.3 Å². The Morgan fingerprint density at radius 3 is 0.810 bits per heavy atom. The van der Waals surface area contributed by atoms with Gasteiger partial charge in [-0.3, -0.25) is 9.59 Å². The van der Waals surface area contributed by atoms with Gasteiger partial charge in [-0.15, -0.1) is 0 Å². The highest BCUT2D eigenvalue weighted by Gasteiger charge is 2.34. The van der Waals surface area contributed by atoms with Crippen LogP contribution in [0.25, 0.3) is 0 Å². The van der Waals surface area contributed by atoms with Crippen molar-refractivity contribution < 1.29 is 59.5 Å². The number of carbonyl (C=O) groups is 2. The first-order valence-electron chi connectivity index (χ1n) is 21.2. The first-order valence-corrected chi connectivity index (χ1v) is 22.8. The molecule has 0 heterocycles. The molecule has 0 aliphatic heterocycles. The lowest BCUT2D eigenvalue weighted by Crippen LogP contribution is -2.45. The molecule has 0 amide bonds. The number of hydrogen-bond donors (Lipinski definition) is 12. The van der Waals surface area contributed by atoms with Crippen LogP contribution >= 0.6 is 7.82 Å². The fraction of sp³-hybridized carbons (Fsp3) is 0.857. The van der Waals surface area contributed by atoms with Crippen LogP contribution in [-0.2, 0) is 14.2 Å². The van der Waals surface area contributed by atoms with E-state index < -0.39 is 57.0 Å². The zero-order valence-electron chi connectivity index (χ0n) is 36.8. The summed E-state index contributed by atoms with van der Waals surface area (Å²) in [6.45, 7) is 1.63. The average Bonchev–Trinajstić information content (AvgIpc) is 3.16. The topological polar surface area (TPSA) is 338 Å². The highest BCUT2D eigenvalue weighted by atomic mass is 31.2. The Morgan fingerprint density at radius 2 is 0.603 bits per heavy atom. The lowest BCUT2D eigenvalue weighted by molar-refractivity contribution is -0.147. The van der Waals surface area contributed by atoms with Gasteiger partial charge < -0.3 is 63.8 Å². The minimum absolute atomic E-state index is 0.